The number of fused-ring (bicyclic) bond motifs is 4. The van der Waals surface area contributed by atoms with Crippen LogP contribution < -0.4 is 14.8 Å². The van der Waals surface area contributed by atoms with Crippen molar-refractivity contribution in [3.63, 3.8) is 0 Å². The Morgan fingerprint density at radius 3 is 2.53 bits per heavy atom. The smallest absolute Gasteiger partial charge is 0.122 e. The summed E-state index contributed by atoms with van der Waals surface area (Å²) in [6.45, 7) is 1.04. The van der Waals surface area contributed by atoms with Crippen LogP contribution in [-0.2, 0) is 0 Å². The second-order valence-electron chi connectivity index (χ2n) is 8.52. The summed E-state index contributed by atoms with van der Waals surface area (Å²) >= 11 is 0. The van der Waals surface area contributed by atoms with Gasteiger partial charge in [0.1, 0.15) is 24.7 Å². The quantitative estimate of drug-likeness (QED) is 0.277. The fourth-order valence-corrected chi connectivity index (χ4v) is 5.16. The van der Waals surface area contributed by atoms with Gasteiger partial charge in [0.05, 0.1) is 6.04 Å². The molecule has 6 rings (SSSR count). The molecule has 2 heterocycles. The summed E-state index contributed by atoms with van der Waals surface area (Å²) in [6.07, 6.45) is 7.95. The SMILES string of the molecule is C1=CC2c3cc(OCCOc4ccccc4)ccc3NC(c3c[nH]c4ccccc34)C2C1. The molecular formula is C28H26N2O2. The average Bonchev–Trinajstić information content (AvgIpc) is 3.50. The number of para-hydroxylation sites is 2. The number of hydrogen-bond donors (Lipinski definition) is 2. The van der Waals surface area contributed by atoms with E-state index >= 15 is 0 Å². The highest BCUT2D eigenvalue weighted by atomic mass is 16.5. The summed E-state index contributed by atoms with van der Waals surface area (Å²) < 4.78 is 11.8. The van der Waals surface area contributed by atoms with E-state index in [9.17, 15) is 0 Å². The van der Waals surface area contributed by atoms with E-state index in [0.29, 0.717) is 25.0 Å². The Bertz CT molecular complexity index is 1260. The lowest BCUT2D eigenvalue weighted by Gasteiger charge is -2.37. The number of ether oxygens (including phenoxy) is 2. The van der Waals surface area contributed by atoms with Crippen LogP contribution in [0.4, 0.5) is 5.69 Å². The molecule has 2 aliphatic rings. The fourth-order valence-electron chi connectivity index (χ4n) is 5.16. The molecule has 2 N–H and O–H groups in total. The average molecular weight is 423 g/mol. The van der Waals surface area contributed by atoms with E-state index in [2.05, 4.69) is 71.1 Å². The largest absolute Gasteiger partial charge is 0.490 e. The molecule has 0 spiro atoms. The van der Waals surface area contributed by atoms with Crippen LogP contribution in [0.3, 0.4) is 0 Å². The van der Waals surface area contributed by atoms with Crippen LogP contribution in [0.2, 0.25) is 0 Å². The minimum Gasteiger partial charge on any atom is -0.490 e. The van der Waals surface area contributed by atoms with Crippen LogP contribution in [0.5, 0.6) is 11.5 Å². The number of rotatable bonds is 6. The highest BCUT2D eigenvalue weighted by Crippen LogP contribution is 2.51. The molecular weight excluding hydrogens is 396 g/mol. The van der Waals surface area contributed by atoms with Gasteiger partial charge in [-0.05, 0) is 59.9 Å². The van der Waals surface area contributed by atoms with Crippen LogP contribution in [0.15, 0.2) is 91.1 Å². The number of H-pyrrole nitrogens is 1. The van der Waals surface area contributed by atoms with Gasteiger partial charge in [0.15, 0.2) is 0 Å². The van der Waals surface area contributed by atoms with E-state index in [1.165, 1.54) is 27.7 Å². The topological polar surface area (TPSA) is 46.3 Å². The Hall–Kier alpha value is -3.66. The van der Waals surface area contributed by atoms with Crippen LogP contribution in [-0.4, -0.2) is 18.2 Å². The molecule has 1 aliphatic heterocycles. The van der Waals surface area contributed by atoms with Crippen molar-refractivity contribution in [2.24, 2.45) is 5.92 Å². The summed E-state index contributed by atoms with van der Waals surface area (Å²) in [7, 11) is 0. The fraction of sp³-hybridized carbons (Fsp3) is 0.214. The maximum atomic E-state index is 6.02. The van der Waals surface area contributed by atoms with Crippen molar-refractivity contribution < 1.29 is 9.47 Å². The van der Waals surface area contributed by atoms with E-state index in [1.807, 2.05) is 30.3 Å². The van der Waals surface area contributed by atoms with E-state index in [-0.39, 0.29) is 6.04 Å². The van der Waals surface area contributed by atoms with Gasteiger partial charge in [-0.25, -0.2) is 0 Å². The zero-order chi connectivity index (χ0) is 21.3. The normalized spacial score (nSPS) is 21.1. The molecule has 3 atom stereocenters. The molecule has 4 heteroatoms. The molecule has 0 amide bonds. The van der Waals surface area contributed by atoms with Gasteiger partial charge in [0.2, 0.25) is 0 Å². The molecule has 160 valence electrons. The van der Waals surface area contributed by atoms with Gasteiger partial charge in [0.25, 0.3) is 0 Å². The van der Waals surface area contributed by atoms with E-state index in [4.69, 9.17) is 9.47 Å². The highest BCUT2D eigenvalue weighted by molar-refractivity contribution is 5.84. The first-order valence-electron chi connectivity index (χ1n) is 11.3. The Morgan fingerprint density at radius 1 is 0.812 bits per heavy atom. The first kappa shape index (κ1) is 19.1. The van der Waals surface area contributed by atoms with Crippen molar-refractivity contribution in [3.05, 3.63) is 102 Å². The molecule has 4 nitrogen and oxygen atoms in total. The van der Waals surface area contributed by atoms with Gasteiger partial charge in [-0.1, -0.05) is 48.6 Å². The summed E-state index contributed by atoms with van der Waals surface area (Å²) in [5.41, 5.74) is 5.06. The standard InChI is InChI=1S/C28H26N2O2/c1-2-7-19(8-3-1)31-15-16-32-20-13-14-27-24(17-20)21-10-6-11-23(21)28(30-27)25-18-29-26-12-5-4-9-22(25)26/h1-10,12-14,17-18,21,23,28-30H,11,15-16H2. The lowest BCUT2D eigenvalue weighted by atomic mass is 9.77. The number of aromatic amines is 1. The monoisotopic (exact) mass is 422 g/mol. The number of allylic oxidation sites excluding steroid dienone is 2. The predicted octanol–water partition coefficient (Wildman–Crippen LogP) is 6.45. The van der Waals surface area contributed by atoms with Crippen molar-refractivity contribution in [1.82, 2.24) is 4.98 Å². The van der Waals surface area contributed by atoms with E-state index < -0.39 is 0 Å². The maximum Gasteiger partial charge on any atom is 0.122 e. The molecule has 0 radical (unpaired) electrons. The van der Waals surface area contributed by atoms with Gasteiger partial charge in [-0.3, -0.25) is 0 Å². The first-order chi connectivity index (χ1) is 15.9. The molecule has 0 saturated carbocycles. The zero-order valence-electron chi connectivity index (χ0n) is 17.8. The van der Waals surface area contributed by atoms with Gasteiger partial charge >= 0.3 is 0 Å². The summed E-state index contributed by atoms with van der Waals surface area (Å²) in [6, 6.07) is 25.1. The van der Waals surface area contributed by atoms with Crippen molar-refractivity contribution in [2.75, 3.05) is 18.5 Å². The predicted molar refractivity (Wildman–Crippen MR) is 129 cm³/mol. The zero-order valence-corrected chi connectivity index (χ0v) is 17.8. The van der Waals surface area contributed by atoms with Crippen LogP contribution >= 0.6 is 0 Å². The second-order valence-corrected chi connectivity index (χ2v) is 8.52. The molecule has 3 unspecified atom stereocenters. The molecule has 3 aromatic carbocycles. The van der Waals surface area contributed by atoms with Gasteiger partial charge < -0.3 is 19.8 Å². The highest BCUT2D eigenvalue weighted by Gasteiger charge is 2.38. The minimum atomic E-state index is 0.282. The number of hydrogen-bond acceptors (Lipinski definition) is 3. The Kier molecular flexibility index (Phi) is 4.83. The molecule has 0 fully saturated rings. The van der Waals surface area contributed by atoms with E-state index in [1.54, 1.807) is 0 Å². The number of nitrogens with one attached hydrogen (secondary N) is 2. The third kappa shape index (κ3) is 3.42. The summed E-state index contributed by atoms with van der Waals surface area (Å²) in [5, 5.41) is 5.14. The molecule has 0 saturated heterocycles. The third-order valence-electron chi connectivity index (χ3n) is 6.65. The minimum absolute atomic E-state index is 0.282. The lowest BCUT2D eigenvalue weighted by Crippen LogP contribution is -2.29. The Balaban J connectivity index is 1.20. The van der Waals surface area contributed by atoms with Gasteiger partial charge in [-0.2, -0.15) is 0 Å². The second kappa shape index (κ2) is 8.12. The summed E-state index contributed by atoms with van der Waals surface area (Å²) in [5.74, 6) is 2.66. The number of anilines is 1. The number of benzene rings is 3. The molecule has 1 aliphatic carbocycles. The van der Waals surface area contributed by atoms with Crippen molar-refractivity contribution in [3.8, 4) is 11.5 Å². The van der Waals surface area contributed by atoms with Crippen molar-refractivity contribution in [1.29, 1.82) is 0 Å². The molecule has 0 bridgehead atoms. The molecule has 32 heavy (non-hydrogen) atoms. The maximum absolute atomic E-state index is 6.02. The van der Waals surface area contributed by atoms with Crippen molar-refractivity contribution in [2.45, 2.75) is 18.4 Å². The Labute approximate surface area is 187 Å². The van der Waals surface area contributed by atoms with Crippen molar-refractivity contribution >= 4 is 16.6 Å². The van der Waals surface area contributed by atoms with Crippen LogP contribution in [0.25, 0.3) is 10.9 Å². The lowest BCUT2D eigenvalue weighted by molar-refractivity contribution is 0.217. The van der Waals surface area contributed by atoms with Crippen LogP contribution in [0.1, 0.15) is 29.5 Å². The van der Waals surface area contributed by atoms with E-state index in [0.717, 1.165) is 17.9 Å². The molecule has 1 aromatic heterocycles. The Morgan fingerprint density at radius 2 is 1.62 bits per heavy atom. The third-order valence-corrected chi connectivity index (χ3v) is 6.65. The van der Waals surface area contributed by atoms with Gasteiger partial charge in [-0.15, -0.1) is 0 Å². The molecule has 4 aromatic rings. The first-order valence-corrected chi connectivity index (χ1v) is 11.3. The van der Waals surface area contributed by atoms with Gasteiger partial charge in [0, 0.05) is 28.7 Å². The van der Waals surface area contributed by atoms with Crippen LogP contribution in [0, 0.1) is 5.92 Å². The summed E-state index contributed by atoms with van der Waals surface area (Å²) in [4.78, 5) is 3.45. The number of aromatic nitrogens is 1.